The van der Waals surface area contributed by atoms with Crippen LogP contribution in [0.3, 0.4) is 0 Å². The lowest BCUT2D eigenvalue weighted by Crippen LogP contribution is -2.26. The molecule has 0 aliphatic carbocycles. The number of aromatic nitrogens is 3. The molecule has 8 nitrogen and oxygen atoms in total. The Morgan fingerprint density at radius 3 is 2.62 bits per heavy atom. The number of nitrogens with one attached hydrogen (secondary N) is 1. The first kappa shape index (κ1) is 21.2. The van der Waals surface area contributed by atoms with E-state index >= 15 is 0 Å². The molecule has 0 saturated heterocycles. The van der Waals surface area contributed by atoms with E-state index < -0.39 is 30.1 Å². The molecule has 162 valence electrons. The molecule has 0 atom stereocenters. The molecule has 32 heavy (non-hydrogen) atoms. The van der Waals surface area contributed by atoms with Gasteiger partial charge < -0.3 is 4.74 Å². The van der Waals surface area contributed by atoms with Crippen LogP contribution >= 0.6 is 11.3 Å². The third-order valence-electron chi connectivity index (χ3n) is 4.45. The summed E-state index contributed by atoms with van der Waals surface area (Å²) in [5.41, 5.74) is 0.239. The lowest BCUT2D eigenvalue weighted by atomic mass is 10.1. The number of thiazole rings is 1. The van der Waals surface area contributed by atoms with Gasteiger partial charge in [0.1, 0.15) is 0 Å². The molecule has 0 radical (unpaired) electrons. The molecular weight excluding hydrogens is 442 g/mol. The van der Waals surface area contributed by atoms with Crippen molar-refractivity contribution in [1.29, 1.82) is 0 Å². The van der Waals surface area contributed by atoms with Gasteiger partial charge in [0.2, 0.25) is 0 Å². The van der Waals surface area contributed by atoms with Crippen molar-refractivity contribution in [3.8, 4) is 11.3 Å². The molecule has 1 amide bonds. The van der Waals surface area contributed by atoms with Gasteiger partial charge in [0.15, 0.2) is 29.1 Å². The van der Waals surface area contributed by atoms with E-state index in [-0.39, 0.29) is 16.4 Å². The highest BCUT2D eigenvalue weighted by atomic mass is 32.1. The quantitative estimate of drug-likeness (QED) is 0.463. The van der Waals surface area contributed by atoms with Crippen molar-refractivity contribution in [2.75, 3.05) is 11.9 Å². The zero-order valence-electron chi connectivity index (χ0n) is 16.5. The normalized spacial score (nSPS) is 10.8. The van der Waals surface area contributed by atoms with Gasteiger partial charge in [0, 0.05) is 23.4 Å². The lowest BCUT2D eigenvalue weighted by Gasteiger charge is -2.08. The zero-order chi connectivity index (χ0) is 22.8. The number of fused-ring (bicyclic) bond motifs is 1. The van der Waals surface area contributed by atoms with Crippen LogP contribution < -0.4 is 10.9 Å². The van der Waals surface area contributed by atoms with E-state index in [1.54, 1.807) is 29.6 Å². The molecule has 11 heteroatoms. The van der Waals surface area contributed by atoms with Gasteiger partial charge in [0.05, 0.1) is 11.1 Å². The number of anilines is 1. The van der Waals surface area contributed by atoms with Gasteiger partial charge in [-0.05, 0) is 24.3 Å². The Morgan fingerprint density at radius 2 is 1.88 bits per heavy atom. The van der Waals surface area contributed by atoms with Crippen molar-refractivity contribution in [3.63, 3.8) is 0 Å². The summed E-state index contributed by atoms with van der Waals surface area (Å²) in [7, 11) is 1.41. The maximum atomic E-state index is 13.4. The minimum atomic E-state index is -1.01. The molecule has 0 spiro atoms. The molecular formula is C21H14F2N4O4S. The largest absolute Gasteiger partial charge is 0.451 e. The van der Waals surface area contributed by atoms with E-state index in [9.17, 15) is 23.2 Å². The summed E-state index contributed by atoms with van der Waals surface area (Å²) in [6.07, 6.45) is 0. The van der Waals surface area contributed by atoms with E-state index in [1.807, 2.05) is 0 Å². The monoisotopic (exact) mass is 456 g/mol. The number of halogens is 2. The topological polar surface area (TPSA) is 103 Å². The maximum absolute atomic E-state index is 13.4. The third kappa shape index (κ3) is 4.23. The first-order valence-corrected chi connectivity index (χ1v) is 10.1. The van der Waals surface area contributed by atoms with E-state index in [2.05, 4.69) is 15.4 Å². The number of benzene rings is 2. The second kappa shape index (κ2) is 8.63. The number of rotatable bonds is 5. The van der Waals surface area contributed by atoms with Gasteiger partial charge in [-0.25, -0.2) is 23.2 Å². The Hall–Kier alpha value is -3.99. The SMILES string of the molecule is Cn1nc(C(=O)OCC(=O)Nc2nc(-c3ccc(F)c(F)c3)cs2)c2ccccc2c1=O. The predicted molar refractivity (Wildman–Crippen MR) is 113 cm³/mol. The molecule has 1 N–H and O–H groups in total. The first-order chi connectivity index (χ1) is 15.3. The molecule has 0 saturated carbocycles. The van der Waals surface area contributed by atoms with Crippen LogP contribution in [0, 0.1) is 11.6 Å². The zero-order valence-corrected chi connectivity index (χ0v) is 17.3. The second-order valence-corrected chi connectivity index (χ2v) is 7.47. The van der Waals surface area contributed by atoms with Crippen molar-refractivity contribution in [2.45, 2.75) is 0 Å². The fourth-order valence-corrected chi connectivity index (χ4v) is 3.66. The van der Waals surface area contributed by atoms with Gasteiger partial charge in [-0.1, -0.05) is 18.2 Å². The van der Waals surface area contributed by atoms with Crippen LogP contribution in [0.1, 0.15) is 10.5 Å². The van der Waals surface area contributed by atoms with E-state index in [4.69, 9.17) is 4.74 Å². The average Bonchev–Trinajstić information content (AvgIpc) is 3.25. The molecule has 0 aliphatic rings. The van der Waals surface area contributed by atoms with Crippen LogP contribution in [0.25, 0.3) is 22.0 Å². The highest BCUT2D eigenvalue weighted by Crippen LogP contribution is 2.26. The van der Waals surface area contributed by atoms with Crippen LogP contribution in [-0.4, -0.2) is 33.2 Å². The smallest absolute Gasteiger partial charge is 0.359 e. The number of hydrogen-bond acceptors (Lipinski definition) is 7. The molecule has 2 aromatic heterocycles. The van der Waals surface area contributed by atoms with Gasteiger partial charge in [0.25, 0.3) is 11.5 Å². The maximum Gasteiger partial charge on any atom is 0.359 e. The van der Waals surface area contributed by atoms with Crippen molar-refractivity contribution < 1.29 is 23.1 Å². The van der Waals surface area contributed by atoms with Crippen molar-refractivity contribution in [1.82, 2.24) is 14.8 Å². The van der Waals surface area contributed by atoms with Gasteiger partial charge >= 0.3 is 5.97 Å². The summed E-state index contributed by atoms with van der Waals surface area (Å²) in [4.78, 5) is 40.9. The lowest BCUT2D eigenvalue weighted by molar-refractivity contribution is -0.119. The van der Waals surface area contributed by atoms with Crippen molar-refractivity contribution in [3.05, 3.63) is 75.5 Å². The number of esters is 1. The van der Waals surface area contributed by atoms with Crippen LogP contribution in [0.4, 0.5) is 13.9 Å². The van der Waals surface area contributed by atoms with Crippen LogP contribution in [0.15, 0.2) is 52.6 Å². The number of hydrogen-bond donors (Lipinski definition) is 1. The van der Waals surface area contributed by atoms with E-state index in [1.165, 1.54) is 13.1 Å². The predicted octanol–water partition coefficient (Wildman–Crippen LogP) is 3.13. The highest BCUT2D eigenvalue weighted by Gasteiger charge is 2.18. The fraction of sp³-hybridized carbons (Fsp3) is 0.0952. The van der Waals surface area contributed by atoms with Crippen LogP contribution in [-0.2, 0) is 16.6 Å². The average molecular weight is 456 g/mol. The molecule has 0 fully saturated rings. The van der Waals surface area contributed by atoms with Gasteiger partial charge in [-0.3, -0.25) is 14.9 Å². The van der Waals surface area contributed by atoms with Crippen molar-refractivity contribution >= 4 is 39.1 Å². The summed E-state index contributed by atoms with van der Waals surface area (Å²) in [5, 5.41) is 8.79. The van der Waals surface area contributed by atoms with Gasteiger partial charge in [-0.15, -0.1) is 11.3 Å². The molecule has 4 aromatic rings. The van der Waals surface area contributed by atoms with Crippen molar-refractivity contribution in [2.24, 2.45) is 7.05 Å². The number of aryl methyl sites for hydroxylation is 1. The Kier molecular flexibility index (Phi) is 5.73. The summed E-state index contributed by atoms with van der Waals surface area (Å²) in [5.74, 6) is -3.50. The number of amides is 1. The van der Waals surface area contributed by atoms with Gasteiger partial charge in [-0.2, -0.15) is 5.10 Å². The summed E-state index contributed by atoms with van der Waals surface area (Å²) in [6, 6.07) is 9.80. The van der Waals surface area contributed by atoms with Crippen LogP contribution in [0.5, 0.6) is 0 Å². The van der Waals surface area contributed by atoms with Crippen LogP contribution in [0.2, 0.25) is 0 Å². The van der Waals surface area contributed by atoms with E-state index in [0.29, 0.717) is 22.0 Å². The first-order valence-electron chi connectivity index (χ1n) is 9.17. The highest BCUT2D eigenvalue weighted by molar-refractivity contribution is 7.14. The number of ether oxygens (including phenoxy) is 1. The number of carbonyl (C=O) groups excluding carboxylic acids is 2. The molecule has 2 heterocycles. The second-order valence-electron chi connectivity index (χ2n) is 6.61. The third-order valence-corrected chi connectivity index (χ3v) is 5.21. The molecule has 4 rings (SSSR count). The minimum absolute atomic E-state index is 0.0922. The Morgan fingerprint density at radius 1 is 1.12 bits per heavy atom. The Labute approximate surface area is 183 Å². The number of carbonyl (C=O) groups is 2. The Balaban J connectivity index is 1.43. The fourth-order valence-electron chi connectivity index (χ4n) is 2.92. The summed E-state index contributed by atoms with van der Waals surface area (Å²) < 4.78 is 32.5. The summed E-state index contributed by atoms with van der Waals surface area (Å²) in [6.45, 7) is -0.613. The number of nitrogens with zero attached hydrogens (tertiary/aromatic N) is 3. The minimum Gasteiger partial charge on any atom is -0.451 e. The standard InChI is InChI=1S/C21H14F2N4O4S/c1-27-19(29)13-5-3-2-4-12(13)18(26-27)20(30)31-9-17(28)25-21-24-16(10-32-21)11-6-7-14(22)15(23)8-11/h2-8,10H,9H2,1H3,(H,24,25,28). The molecule has 0 bridgehead atoms. The summed E-state index contributed by atoms with van der Waals surface area (Å²) >= 11 is 1.07. The molecule has 0 aliphatic heterocycles. The molecule has 0 unspecified atom stereocenters. The van der Waals surface area contributed by atoms with E-state index in [0.717, 1.165) is 28.2 Å². The molecule has 2 aromatic carbocycles. The Bertz CT molecular complexity index is 1420.